The lowest BCUT2D eigenvalue weighted by Crippen LogP contribution is -2.39. The summed E-state index contributed by atoms with van der Waals surface area (Å²) < 4.78 is 0. The summed E-state index contributed by atoms with van der Waals surface area (Å²) in [5.74, 6) is 0.199. The number of rotatable bonds is 7. The second-order valence-electron chi connectivity index (χ2n) is 5.13. The number of hydrogen-bond donors (Lipinski definition) is 2. The summed E-state index contributed by atoms with van der Waals surface area (Å²) in [7, 11) is 0. The molecule has 0 unspecified atom stereocenters. The van der Waals surface area contributed by atoms with Gasteiger partial charge in [-0.3, -0.25) is 4.79 Å². The third kappa shape index (κ3) is 4.76. The van der Waals surface area contributed by atoms with Crippen molar-refractivity contribution >= 4 is 17.3 Å². The molecule has 0 aliphatic heterocycles. The number of benzene rings is 1. The van der Waals surface area contributed by atoms with Crippen molar-refractivity contribution in [1.82, 2.24) is 5.43 Å². The van der Waals surface area contributed by atoms with E-state index in [1.54, 1.807) is 0 Å². The predicted octanol–water partition coefficient (Wildman–Crippen LogP) is 3.01. The van der Waals surface area contributed by atoms with Crippen molar-refractivity contribution in [3.63, 3.8) is 0 Å². The van der Waals surface area contributed by atoms with E-state index < -0.39 is 0 Å². The van der Waals surface area contributed by atoms with Gasteiger partial charge in [-0.2, -0.15) is 5.26 Å². The minimum atomic E-state index is -0.0745. The van der Waals surface area contributed by atoms with Gasteiger partial charge in [0.25, 0.3) is 0 Å². The average Bonchev–Trinajstić information content (AvgIpc) is 2.42. The zero-order valence-electron chi connectivity index (χ0n) is 13.2. The highest BCUT2D eigenvalue weighted by atomic mass is 16.1. The number of nitrogens with zero attached hydrogens (tertiary/aromatic N) is 2. The Morgan fingerprint density at radius 2 is 2.14 bits per heavy atom. The zero-order chi connectivity index (χ0) is 15.8. The molecule has 0 saturated carbocycles. The Morgan fingerprint density at radius 1 is 1.43 bits per heavy atom. The zero-order valence-corrected chi connectivity index (χ0v) is 13.2. The van der Waals surface area contributed by atoms with Gasteiger partial charge < -0.3 is 10.3 Å². The van der Waals surface area contributed by atoms with E-state index in [0.717, 1.165) is 23.5 Å². The smallest absolute Gasteiger partial charge is 0.221 e. The standard InChI is InChI=1S/C16H24N4O/c1-5-20(18-11-7-10-17)15-9-6-8-14(19-13(4)21)16(15)12(2)3/h6,8-9,12,18H,5,7,11H2,1-4H3,(H,19,21). The molecule has 0 aliphatic rings. The van der Waals surface area contributed by atoms with Gasteiger partial charge in [-0.1, -0.05) is 19.9 Å². The molecule has 2 N–H and O–H groups in total. The van der Waals surface area contributed by atoms with Crippen LogP contribution in [0.25, 0.3) is 0 Å². The second-order valence-corrected chi connectivity index (χ2v) is 5.13. The van der Waals surface area contributed by atoms with Gasteiger partial charge in [-0.25, -0.2) is 5.43 Å². The molecule has 0 saturated heterocycles. The van der Waals surface area contributed by atoms with Crippen LogP contribution in [-0.4, -0.2) is 19.0 Å². The molecule has 0 spiro atoms. The van der Waals surface area contributed by atoms with Crippen molar-refractivity contribution in [2.75, 3.05) is 23.4 Å². The van der Waals surface area contributed by atoms with Crippen LogP contribution >= 0.6 is 0 Å². The van der Waals surface area contributed by atoms with E-state index in [1.807, 2.05) is 23.2 Å². The van der Waals surface area contributed by atoms with Crippen molar-refractivity contribution in [2.24, 2.45) is 0 Å². The van der Waals surface area contributed by atoms with Crippen molar-refractivity contribution in [3.05, 3.63) is 23.8 Å². The van der Waals surface area contributed by atoms with Crippen LogP contribution in [0.1, 0.15) is 45.6 Å². The fraction of sp³-hybridized carbons (Fsp3) is 0.500. The number of hydrazine groups is 1. The largest absolute Gasteiger partial charge is 0.326 e. The Hall–Kier alpha value is -2.06. The van der Waals surface area contributed by atoms with Crippen LogP contribution in [0, 0.1) is 11.3 Å². The lowest BCUT2D eigenvalue weighted by atomic mass is 9.98. The van der Waals surface area contributed by atoms with Crippen LogP contribution in [0.5, 0.6) is 0 Å². The van der Waals surface area contributed by atoms with Crippen molar-refractivity contribution in [1.29, 1.82) is 5.26 Å². The van der Waals surface area contributed by atoms with Crippen LogP contribution in [0.2, 0.25) is 0 Å². The lowest BCUT2D eigenvalue weighted by molar-refractivity contribution is -0.114. The first-order chi connectivity index (χ1) is 10.0. The van der Waals surface area contributed by atoms with Gasteiger partial charge >= 0.3 is 0 Å². The summed E-state index contributed by atoms with van der Waals surface area (Å²) in [6.07, 6.45) is 0.457. The maximum absolute atomic E-state index is 11.4. The van der Waals surface area contributed by atoms with Gasteiger partial charge in [-0.15, -0.1) is 0 Å². The number of carbonyl (C=O) groups excluding carboxylic acids is 1. The monoisotopic (exact) mass is 288 g/mol. The van der Waals surface area contributed by atoms with Crippen molar-refractivity contribution < 1.29 is 4.79 Å². The molecule has 0 aromatic heterocycles. The maximum Gasteiger partial charge on any atom is 0.221 e. The van der Waals surface area contributed by atoms with Gasteiger partial charge in [0.1, 0.15) is 0 Å². The molecule has 5 nitrogen and oxygen atoms in total. The number of nitriles is 1. The topological polar surface area (TPSA) is 68.2 Å². The molecule has 1 aromatic carbocycles. The van der Waals surface area contributed by atoms with E-state index in [0.29, 0.717) is 13.0 Å². The van der Waals surface area contributed by atoms with E-state index in [1.165, 1.54) is 6.92 Å². The highest BCUT2D eigenvalue weighted by Gasteiger charge is 2.16. The molecule has 1 amide bonds. The summed E-state index contributed by atoms with van der Waals surface area (Å²) in [6.45, 7) is 9.15. The normalized spacial score (nSPS) is 10.3. The Balaban J connectivity index is 3.14. The Bertz CT molecular complexity index is 519. The Labute approximate surface area is 126 Å². The maximum atomic E-state index is 11.4. The highest BCUT2D eigenvalue weighted by molar-refractivity contribution is 5.91. The molecule has 0 radical (unpaired) electrons. The lowest BCUT2D eigenvalue weighted by Gasteiger charge is -2.29. The summed E-state index contributed by atoms with van der Waals surface area (Å²) in [5.41, 5.74) is 6.24. The molecule has 0 fully saturated rings. The van der Waals surface area contributed by atoms with E-state index in [2.05, 4.69) is 37.6 Å². The number of nitrogens with one attached hydrogen (secondary N) is 2. The fourth-order valence-corrected chi connectivity index (χ4v) is 2.31. The summed E-state index contributed by atoms with van der Waals surface area (Å²) in [6, 6.07) is 8.01. The molecule has 1 aromatic rings. The molecular weight excluding hydrogens is 264 g/mol. The van der Waals surface area contributed by atoms with Crippen molar-refractivity contribution in [2.45, 2.75) is 40.0 Å². The molecule has 0 atom stereocenters. The van der Waals surface area contributed by atoms with Crippen LogP contribution in [0.3, 0.4) is 0 Å². The minimum absolute atomic E-state index is 0.0745. The third-order valence-electron chi connectivity index (χ3n) is 3.12. The molecule has 0 aliphatic carbocycles. The molecule has 21 heavy (non-hydrogen) atoms. The first-order valence-corrected chi connectivity index (χ1v) is 7.29. The van der Waals surface area contributed by atoms with Gasteiger partial charge in [0.15, 0.2) is 0 Å². The van der Waals surface area contributed by atoms with Gasteiger partial charge in [0.05, 0.1) is 11.8 Å². The third-order valence-corrected chi connectivity index (χ3v) is 3.12. The quantitative estimate of drug-likeness (QED) is 0.598. The molecule has 0 bridgehead atoms. The molecule has 114 valence electrons. The van der Waals surface area contributed by atoms with E-state index in [-0.39, 0.29) is 11.8 Å². The van der Waals surface area contributed by atoms with Crippen LogP contribution in [0.4, 0.5) is 11.4 Å². The second kappa shape index (κ2) is 8.28. The van der Waals surface area contributed by atoms with E-state index in [9.17, 15) is 4.79 Å². The molecule has 5 heteroatoms. The summed E-state index contributed by atoms with van der Waals surface area (Å²) >= 11 is 0. The first-order valence-electron chi connectivity index (χ1n) is 7.29. The van der Waals surface area contributed by atoms with Crippen molar-refractivity contribution in [3.8, 4) is 6.07 Å². The Morgan fingerprint density at radius 3 is 2.67 bits per heavy atom. The van der Waals surface area contributed by atoms with E-state index >= 15 is 0 Å². The summed E-state index contributed by atoms with van der Waals surface area (Å²) in [4.78, 5) is 11.4. The van der Waals surface area contributed by atoms with Gasteiger partial charge in [0, 0.05) is 37.7 Å². The van der Waals surface area contributed by atoms with Gasteiger partial charge in [0.2, 0.25) is 5.91 Å². The predicted molar refractivity (Wildman–Crippen MR) is 86.1 cm³/mol. The Kier molecular flexibility index (Phi) is 6.70. The number of anilines is 2. The van der Waals surface area contributed by atoms with Crippen LogP contribution < -0.4 is 15.8 Å². The SMILES string of the molecule is CCN(NCCC#N)c1cccc(NC(C)=O)c1C(C)C. The van der Waals surface area contributed by atoms with E-state index in [4.69, 9.17) is 5.26 Å². The highest BCUT2D eigenvalue weighted by Crippen LogP contribution is 2.33. The van der Waals surface area contributed by atoms with Gasteiger partial charge in [-0.05, 0) is 25.0 Å². The number of hydrogen-bond acceptors (Lipinski definition) is 4. The molecular formula is C16H24N4O. The summed E-state index contributed by atoms with van der Waals surface area (Å²) in [5, 5.41) is 13.6. The molecule has 0 heterocycles. The number of carbonyl (C=O) groups is 1. The molecule has 1 rings (SSSR count). The van der Waals surface area contributed by atoms with Crippen LogP contribution in [-0.2, 0) is 4.79 Å². The van der Waals surface area contributed by atoms with Crippen LogP contribution in [0.15, 0.2) is 18.2 Å². The number of amides is 1. The first kappa shape index (κ1) is 17.0. The minimum Gasteiger partial charge on any atom is -0.326 e. The average molecular weight is 288 g/mol. The fourth-order valence-electron chi connectivity index (χ4n) is 2.31.